The molecule has 1 heterocycles. The minimum Gasteiger partial charge on any atom is -0.496 e. The number of nitrogens with zero attached hydrogens (tertiary/aromatic N) is 1. The number of benzene rings is 3. The Morgan fingerprint density at radius 2 is 1.72 bits per heavy atom. The van der Waals surface area contributed by atoms with Crippen molar-refractivity contribution in [3.05, 3.63) is 95.0 Å². The Balaban J connectivity index is 1.72. The molecule has 3 aromatic carbocycles. The van der Waals surface area contributed by atoms with Crippen LogP contribution in [0.2, 0.25) is 5.02 Å². The van der Waals surface area contributed by atoms with E-state index in [9.17, 15) is 4.79 Å². The smallest absolute Gasteiger partial charge is 0.252 e. The molecule has 4 rings (SSSR count). The summed E-state index contributed by atoms with van der Waals surface area (Å²) in [5, 5.41) is 4.38. The molecule has 0 fully saturated rings. The molecule has 5 heteroatoms. The predicted molar refractivity (Wildman–Crippen MR) is 116 cm³/mol. The molecule has 0 saturated carbocycles. The molecule has 0 radical (unpaired) electrons. The molecule has 4 aromatic rings. The largest absolute Gasteiger partial charge is 0.496 e. The van der Waals surface area contributed by atoms with Gasteiger partial charge in [-0.2, -0.15) is 0 Å². The van der Waals surface area contributed by atoms with Gasteiger partial charge in [0.25, 0.3) is 5.91 Å². The second-order valence-electron chi connectivity index (χ2n) is 6.55. The van der Waals surface area contributed by atoms with Crippen molar-refractivity contribution in [2.75, 3.05) is 7.11 Å². The van der Waals surface area contributed by atoms with E-state index in [-0.39, 0.29) is 5.91 Å². The van der Waals surface area contributed by atoms with Crippen molar-refractivity contribution in [2.45, 2.75) is 6.54 Å². The Kier molecular flexibility index (Phi) is 5.45. The quantitative estimate of drug-likeness (QED) is 0.480. The number of methoxy groups -OCH3 is 1. The van der Waals surface area contributed by atoms with Crippen molar-refractivity contribution in [3.63, 3.8) is 0 Å². The fourth-order valence-corrected chi connectivity index (χ4v) is 3.52. The summed E-state index contributed by atoms with van der Waals surface area (Å²) < 4.78 is 5.37. The Labute approximate surface area is 174 Å². The fourth-order valence-electron chi connectivity index (χ4n) is 3.29. The van der Waals surface area contributed by atoms with Crippen LogP contribution in [0.5, 0.6) is 5.75 Å². The number of fused-ring (bicyclic) bond motifs is 1. The third kappa shape index (κ3) is 3.93. The lowest BCUT2D eigenvalue weighted by atomic mass is 10.0. The zero-order chi connectivity index (χ0) is 20.2. The molecule has 0 unspecified atom stereocenters. The monoisotopic (exact) mass is 402 g/mol. The molecule has 0 spiro atoms. The second kappa shape index (κ2) is 8.33. The molecular weight excluding hydrogens is 384 g/mol. The Hall–Kier alpha value is -3.37. The van der Waals surface area contributed by atoms with E-state index in [0.717, 1.165) is 27.8 Å². The van der Waals surface area contributed by atoms with Crippen LogP contribution in [0.1, 0.15) is 15.9 Å². The molecule has 1 N–H and O–H groups in total. The van der Waals surface area contributed by atoms with E-state index in [1.807, 2.05) is 72.8 Å². The lowest BCUT2D eigenvalue weighted by molar-refractivity contribution is 0.0952. The Morgan fingerprint density at radius 1 is 1.00 bits per heavy atom. The summed E-state index contributed by atoms with van der Waals surface area (Å²) in [7, 11) is 1.62. The lowest BCUT2D eigenvalue weighted by Crippen LogP contribution is -2.23. The molecule has 0 aliphatic rings. The number of pyridine rings is 1. The maximum Gasteiger partial charge on any atom is 0.252 e. The van der Waals surface area contributed by atoms with Gasteiger partial charge in [-0.25, -0.2) is 4.98 Å². The zero-order valence-electron chi connectivity index (χ0n) is 15.9. The number of hydrogen-bond acceptors (Lipinski definition) is 3. The van der Waals surface area contributed by atoms with Crippen LogP contribution in [0, 0.1) is 0 Å². The topological polar surface area (TPSA) is 51.2 Å². The maximum atomic E-state index is 13.1. The third-order valence-electron chi connectivity index (χ3n) is 4.74. The van der Waals surface area contributed by atoms with Gasteiger partial charge in [-0.15, -0.1) is 0 Å². The number of nitrogens with one attached hydrogen (secondary N) is 1. The Morgan fingerprint density at radius 3 is 2.55 bits per heavy atom. The van der Waals surface area contributed by atoms with Gasteiger partial charge >= 0.3 is 0 Å². The molecule has 0 aliphatic carbocycles. The van der Waals surface area contributed by atoms with Crippen LogP contribution in [-0.4, -0.2) is 18.0 Å². The predicted octanol–water partition coefficient (Wildman–Crippen LogP) is 5.49. The van der Waals surface area contributed by atoms with Gasteiger partial charge in [0, 0.05) is 28.1 Å². The number of hydrogen-bond donors (Lipinski definition) is 1. The van der Waals surface area contributed by atoms with Gasteiger partial charge in [0.05, 0.1) is 23.9 Å². The highest BCUT2D eigenvalue weighted by molar-refractivity contribution is 6.33. The average Bonchev–Trinajstić information content (AvgIpc) is 2.77. The van der Waals surface area contributed by atoms with Crippen molar-refractivity contribution in [1.29, 1.82) is 0 Å². The summed E-state index contributed by atoms with van der Waals surface area (Å²) in [6.45, 7) is 0.362. The number of carbonyl (C=O) groups is 1. The number of para-hydroxylation sites is 2. The van der Waals surface area contributed by atoms with Crippen molar-refractivity contribution in [3.8, 4) is 17.0 Å². The highest BCUT2D eigenvalue weighted by Gasteiger charge is 2.15. The normalized spacial score (nSPS) is 10.7. The molecule has 0 saturated heterocycles. The standard InChI is InChI=1S/C24H19ClN2O2/c1-29-23-13-7-2-8-16(23)15-26-24(28)19-14-22(18-10-3-5-11-20(18)25)27-21-12-6-4-9-17(19)21/h2-14H,15H2,1H3,(H,26,28). The van der Waals surface area contributed by atoms with Crippen LogP contribution < -0.4 is 10.1 Å². The number of ether oxygens (including phenoxy) is 1. The van der Waals surface area contributed by atoms with Gasteiger partial charge in [-0.3, -0.25) is 4.79 Å². The van der Waals surface area contributed by atoms with E-state index >= 15 is 0 Å². The molecule has 0 atom stereocenters. The molecule has 144 valence electrons. The summed E-state index contributed by atoms with van der Waals surface area (Å²) in [4.78, 5) is 17.8. The van der Waals surface area contributed by atoms with Gasteiger partial charge in [0.1, 0.15) is 5.75 Å². The molecular formula is C24H19ClN2O2. The summed E-state index contributed by atoms with van der Waals surface area (Å²) >= 11 is 6.36. The van der Waals surface area contributed by atoms with Gasteiger partial charge in [0.15, 0.2) is 0 Å². The van der Waals surface area contributed by atoms with Crippen molar-refractivity contribution >= 4 is 28.4 Å². The highest BCUT2D eigenvalue weighted by atomic mass is 35.5. The van der Waals surface area contributed by atoms with Crippen molar-refractivity contribution in [2.24, 2.45) is 0 Å². The fraction of sp³-hybridized carbons (Fsp3) is 0.0833. The Bertz CT molecular complexity index is 1190. The van der Waals surface area contributed by atoms with Gasteiger partial charge < -0.3 is 10.1 Å². The number of halogens is 1. The van der Waals surface area contributed by atoms with Crippen LogP contribution in [0.3, 0.4) is 0 Å². The first-order chi connectivity index (χ1) is 14.2. The first-order valence-corrected chi connectivity index (χ1v) is 9.60. The minimum atomic E-state index is -0.178. The summed E-state index contributed by atoms with van der Waals surface area (Å²) in [6, 6.07) is 24.5. The average molecular weight is 403 g/mol. The summed E-state index contributed by atoms with van der Waals surface area (Å²) in [6.07, 6.45) is 0. The van der Waals surface area contributed by atoms with E-state index in [1.54, 1.807) is 13.2 Å². The van der Waals surface area contributed by atoms with E-state index < -0.39 is 0 Å². The van der Waals surface area contributed by atoms with Crippen LogP contribution in [0.15, 0.2) is 78.9 Å². The molecule has 4 nitrogen and oxygen atoms in total. The molecule has 0 aliphatic heterocycles. The van der Waals surface area contributed by atoms with Gasteiger partial charge in [0.2, 0.25) is 0 Å². The van der Waals surface area contributed by atoms with Crippen LogP contribution in [0.4, 0.5) is 0 Å². The molecule has 29 heavy (non-hydrogen) atoms. The first-order valence-electron chi connectivity index (χ1n) is 9.22. The molecule has 1 amide bonds. The number of amides is 1. The zero-order valence-corrected chi connectivity index (χ0v) is 16.6. The number of aromatic nitrogens is 1. The number of carbonyl (C=O) groups excluding carboxylic acids is 1. The maximum absolute atomic E-state index is 13.1. The third-order valence-corrected chi connectivity index (χ3v) is 5.07. The molecule has 1 aromatic heterocycles. The first kappa shape index (κ1) is 19.0. The van der Waals surface area contributed by atoms with Crippen molar-refractivity contribution < 1.29 is 9.53 Å². The summed E-state index contributed by atoms with van der Waals surface area (Å²) in [5.74, 6) is 0.562. The van der Waals surface area contributed by atoms with E-state index in [0.29, 0.717) is 22.8 Å². The van der Waals surface area contributed by atoms with E-state index in [1.165, 1.54) is 0 Å². The van der Waals surface area contributed by atoms with Crippen LogP contribution >= 0.6 is 11.6 Å². The van der Waals surface area contributed by atoms with E-state index in [2.05, 4.69) is 5.32 Å². The van der Waals surface area contributed by atoms with Gasteiger partial charge in [-0.1, -0.05) is 66.2 Å². The highest BCUT2D eigenvalue weighted by Crippen LogP contribution is 2.29. The molecule has 0 bridgehead atoms. The second-order valence-corrected chi connectivity index (χ2v) is 6.95. The van der Waals surface area contributed by atoms with E-state index in [4.69, 9.17) is 21.3 Å². The SMILES string of the molecule is COc1ccccc1CNC(=O)c1cc(-c2ccccc2Cl)nc2ccccc12. The van der Waals surface area contributed by atoms with Crippen LogP contribution in [-0.2, 0) is 6.54 Å². The lowest BCUT2D eigenvalue weighted by Gasteiger charge is -2.12. The number of rotatable bonds is 5. The van der Waals surface area contributed by atoms with Crippen LogP contribution in [0.25, 0.3) is 22.2 Å². The van der Waals surface area contributed by atoms with Crippen molar-refractivity contribution in [1.82, 2.24) is 10.3 Å². The minimum absolute atomic E-state index is 0.178. The van der Waals surface area contributed by atoms with Gasteiger partial charge in [-0.05, 0) is 24.3 Å². The summed E-state index contributed by atoms with van der Waals surface area (Å²) in [5.41, 5.74) is 3.66.